The fourth-order valence-corrected chi connectivity index (χ4v) is 1.58. The highest BCUT2D eigenvalue weighted by Crippen LogP contribution is 2.19. The summed E-state index contributed by atoms with van der Waals surface area (Å²) in [7, 11) is 0. The second kappa shape index (κ2) is 6.40. The lowest BCUT2D eigenvalue weighted by Gasteiger charge is -2.15. The minimum atomic E-state index is -1.04. The maximum atomic E-state index is 10.7. The first-order valence-electron chi connectivity index (χ1n) is 4.92. The summed E-state index contributed by atoms with van der Waals surface area (Å²) in [5.74, 6) is -2.51. The number of carbonyl (C=O) groups is 2. The van der Waals surface area contributed by atoms with Crippen LogP contribution in [0.5, 0.6) is 0 Å². The highest BCUT2D eigenvalue weighted by atomic mass is 16.4. The molecule has 0 saturated heterocycles. The van der Waals surface area contributed by atoms with Crippen LogP contribution in [0.1, 0.15) is 39.5 Å². The van der Waals surface area contributed by atoms with Crippen LogP contribution in [0.15, 0.2) is 0 Å². The van der Waals surface area contributed by atoms with Crippen LogP contribution in [0.4, 0.5) is 0 Å². The molecule has 0 aliphatic carbocycles. The molecular formula is C10H18O4. The molecule has 2 unspecified atom stereocenters. The lowest BCUT2D eigenvalue weighted by molar-refractivity contribution is -0.148. The number of hydrogen-bond acceptors (Lipinski definition) is 2. The number of carboxylic acid groups (broad SMARTS) is 2. The van der Waals surface area contributed by atoms with Crippen LogP contribution < -0.4 is 0 Å². The summed E-state index contributed by atoms with van der Waals surface area (Å²) in [4.78, 5) is 21.1. The first-order chi connectivity index (χ1) is 6.47. The second-order valence-corrected chi connectivity index (χ2v) is 3.76. The van der Waals surface area contributed by atoms with Crippen molar-refractivity contribution in [1.29, 1.82) is 0 Å². The lowest BCUT2D eigenvalue weighted by Crippen LogP contribution is -2.20. The molecule has 0 spiro atoms. The van der Waals surface area contributed by atoms with Gasteiger partial charge in [0.2, 0.25) is 0 Å². The molecule has 0 aromatic heterocycles. The molecule has 4 nitrogen and oxygen atoms in total. The lowest BCUT2D eigenvalue weighted by atomic mass is 9.90. The predicted molar refractivity (Wildman–Crippen MR) is 52.1 cm³/mol. The third-order valence-corrected chi connectivity index (χ3v) is 2.24. The molecule has 0 saturated carbocycles. The van der Waals surface area contributed by atoms with Crippen LogP contribution in [0.3, 0.4) is 0 Å². The van der Waals surface area contributed by atoms with E-state index >= 15 is 0 Å². The van der Waals surface area contributed by atoms with Gasteiger partial charge < -0.3 is 10.2 Å². The molecule has 0 rings (SSSR count). The zero-order valence-corrected chi connectivity index (χ0v) is 8.69. The van der Waals surface area contributed by atoms with Crippen LogP contribution in [-0.2, 0) is 9.59 Å². The zero-order valence-electron chi connectivity index (χ0n) is 8.69. The summed E-state index contributed by atoms with van der Waals surface area (Å²) in [5.41, 5.74) is 0. The second-order valence-electron chi connectivity index (χ2n) is 3.76. The van der Waals surface area contributed by atoms with Gasteiger partial charge >= 0.3 is 11.9 Å². The molecule has 0 heterocycles. The first kappa shape index (κ1) is 12.9. The van der Waals surface area contributed by atoms with E-state index in [9.17, 15) is 9.59 Å². The van der Waals surface area contributed by atoms with Gasteiger partial charge in [0.15, 0.2) is 0 Å². The Morgan fingerprint density at radius 1 is 1.29 bits per heavy atom. The van der Waals surface area contributed by atoms with E-state index in [-0.39, 0.29) is 12.3 Å². The number of carboxylic acids is 2. The van der Waals surface area contributed by atoms with Crippen molar-refractivity contribution in [3.05, 3.63) is 0 Å². The first-order valence-corrected chi connectivity index (χ1v) is 4.92. The van der Waals surface area contributed by atoms with E-state index in [0.29, 0.717) is 6.42 Å². The van der Waals surface area contributed by atoms with Crippen molar-refractivity contribution >= 4 is 11.9 Å². The molecule has 0 aliphatic heterocycles. The smallest absolute Gasteiger partial charge is 0.307 e. The van der Waals surface area contributed by atoms with Gasteiger partial charge in [-0.25, -0.2) is 0 Å². The van der Waals surface area contributed by atoms with Crippen molar-refractivity contribution in [2.75, 3.05) is 0 Å². The Morgan fingerprint density at radius 2 is 1.86 bits per heavy atom. The van der Waals surface area contributed by atoms with Crippen molar-refractivity contribution in [2.24, 2.45) is 11.8 Å². The average molecular weight is 202 g/mol. The van der Waals surface area contributed by atoms with Gasteiger partial charge in [0.05, 0.1) is 12.3 Å². The standard InChI is InChI=1S/C10H18O4/c1-3-4-7(2)5-8(10(13)14)6-9(11)12/h7-8H,3-6H2,1-2H3,(H,11,12)(H,13,14). The van der Waals surface area contributed by atoms with Crippen LogP contribution >= 0.6 is 0 Å². The normalized spacial score (nSPS) is 14.7. The van der Waals surface area contributed by atoms with Crippen molar-refractivity contribution < 1.29 is 19.8 Å². The molecule has 2 atom stereocenters. The summed E-state index contributed by atoms with van der Waals surface area (Å²) in [6.45, 7) is 3.99. The molecular weight excluding hydrogens is 184 g/mol. The summed E-state index contributed by atoms with van der Waals surface area (Å²) in [6, 6.07) is 0. The van der Waals surface area contributed by atoms with Gasteiger partial charge in [0, 0.05) is 0 Å². The van der Waals surface area contributed by atoms with Crippen LogP contribution in [0.2, 0.25) is 0 Å². The van der Waals surface area contributed by atoms with Crippen molar-refractivity contribution in [3.8, 4) is 0 Å². The Labute approximate surface area is 83.9 Å². The quantitative estimate of drug-likeness (QED) is 0.662. The molecule has 0 aromatic rings. The third-order valence-electron chi connectivity index (χ3n) is 2.24. The molecule has 0 radical (unpaired) electrons. The van der Waals surface area contributed by atoms with E-state index < -0.39 is 17.9 Å². The summed E-state index contributed by atoms with van der Waals surface area (Å²) >= 11 is 0. The van der Waals surface area contributed by atoms with E-state index in [0.717, 1.165) is 12.8 Å². The SMILES string of the molecule is CCCC(C)CC(CC(=O)O)C(=O)O. The van der Waals surface area contributed by atoms with Crippen LogP contribution in [0, 0.1) is 11.8 Å². The number of aliphatic carboxylic acids is 2. The maximum Gasteiger partial charge on any atom is 0.307 e. The monoisotopic (exact) mass is 202 g/mol. The topological polar surface area (TPSA) is 74.6 Å². The Bertz CT molecular complexity index is 200. The number of rotatable bonds is 7. The molecule has 0 bridgehead atoms. The largest absolute Gasteiger partial charge is 0.481 e. The fraction of sp³-hybridized carbons (Fsp3) is 0.800. The van der Waals surface area contributed by atoms with Gasteiger partial charge in [0.1, 0.15) is 0 Å². The van der Waals surface area contributed by atoms with Crippen LogP contribution in [-0.4, -0.2) is 22.2 Å². The van der Waals surface area contributed by atoms with E-state index in [2.05, 4.69) is 0 Å². The average Bonchev–Trinajstić information content (AvgIpc) is 2.02. The van der Waals surface area contributed by atoms with Gasteiger partial charge in [-0.05, 0) is 12.3 Å². The van der Waals surface area contributed by atoms with Crippen molar-refractivity contribution in [2.45, 2.75) is 39.5 Å². The molecule has 0 aliphatic rings. The Morgan fingerprint density at radius 3 is 2.21 bits per heavy atom. The van der Waals surface area contributed by atoms with Gasteiger partial charge in [-0.1, -0.05) is 26.7 Å². The molecule has 82 valence electrons. The van der Waals surface area contributed by atoms with E-state index in [1.165, 1.54) is 0 Å². The zero-order chi connectivity index (χ0) is 11.1. The maximum absolute atomic E-state index is 10.7. The van der Waals surface area contributed by atoms with E-state index in [1.807, 2.05) is 13.8 Å². The molecule has 2 N–H and O–H groups in total. The van der Waals surface area contributed by atoms with Gasteiger partial charge in [-0.2, -0.15) is 0 Å². The van der Waals surface area contributed by atoms with Crippen molar-refractivity contribution in [3.63, 3.8) is 0 Å². The fourth-order valence-electron chi connectivity index (χ4n) is 1.58. The van der Waals surface area contributed by atoms with Crippen LogP contribution in [0.25, 0.3) is 0 Å². The molecule has 0 aromatic carbocycles. The Kier molecular flexibility index (Phi) is 5.92. The summed E-state index contributed by atoms with van der Waals surface area (Å²) in [6.07, 6.45) is 2.13. The molecule has 14 heavy (non-hydrogen) atoms. The molecule has 0 amide bonds. The number of hydrogen-bond donors (Lipinski definition) is 2. The molecule has 0 fully saturated rings. The van der Waals surface area contributed by atoms with Gasteiger partial charge in [0.25, 0.3) is 0 Å². The summed E-state index contributed by atoms with van der Waals surface area (Å²) in [5, 5.41) is 17.3. The third kappa shape index (κ3) is 5.56. The summed E-state index contributed by atoms with van der Waals surface area (Å²) < 4.78 is 0. The van der Waals surface area contributed by atoms with E-state index in [4.69, 9.17) is 10.2 Å². The minimum absolute atomic E-state index is 0.274. The Balaban J connectivity index is 4.08. The minimum Gasteiger partial charge on any atom is -0.481 e. The van der Waals surface area contributed by atoms with Crippen molar-refractivity contribution in [1.82, 2.24) is 0 Å². The Hall–Kier alpha value is -1.06. The predicted octanol–water partition coefficient (Wildman–Crippen LogP) is 1.99. The van der Waals surface area contributed by atoms with E-state index in [1.54, 1.807) is 0 Å². The van der Waals surface area contributed by atoms with Gasteiger partial charge in [-0.15, -0.1) is 0 Å². The molecule has 4 heteroatoms. The highest BCUT2D eigenvalue weighted by Gasteiger charge is 2.22. The van der Waals surface area contributed by atoms with Gasteiger partial charge in [-0.3, -0.25) is 9.59 Å². The highest BCUT2D eigenvalue weighted by molar-refractivity contribution is 5.77.